The first-order valence-electron chi connectivity index (χ1n) is 5.99. The zero-order chi connectivity index (χ0) is 12.3. The molecular weight excluding hydrogens is 234 g/mol. The summed E-state index contributed by atoms with van der Waals surface area (Å²) in [5.74, 6) is 6.83. The fourth-order valence-electron chi connectivity index (χ4n) is 1.42. The zero-order valence-corrected chi connectivity index (χ0v) is 11.0. The largest absolute Gasteiger partial charge is 0.492 e. The highest BCUT2D eigenvalue weighted by Crippen LogP contribution is 2.11. The number of ether oxygens (including phenoxy) is 1. The molecule has 0 saturated heterocycles. The van der Waals surface area contributed by atoms with Gasteiger partial charge in [-0.25, -0.2) is 0 Å². The van der Waals surface area contributed by atoms with Crippen molar-refractivity contribution in [2.45, 2.75) is 32.6 Å². The second-order valence-corrected chi connectivity index (χ2v) is 4.02. The summed E-state index contributed by atoms with van der Waals surface area (Å²) >= 11 is 5.50. The van der Waals surface area contributed by atoms with Gasteiger partial charge >= 0.3 is 0 Å². The predicted octanol–water partition coefficient (Wildman–Crippen LogP) is 3.63. The van der Waals surface area contributed by atoms with Crippen molar-refractivity contribution in [3.05, 3.63) is 24.0 Å². The van der Waals surface area contributed by atoms with Crippen molar-refractivity contribution in [3.8, 4) is 17.6 Å². The van der Waals surface area contributed by atoms with Crippen LogP contribution in [0, 0.1) is 11.8 Å². The van der Waals surface area contributed by atoms with E-state index >= 15 is 0 Å². The number of aromatic nitrogens is 1. The van der Waals surface area contributed by atoms with Crippen molar-refractivity contribution in [2.24, 2.45) is 0 Å². The molecule has 0 atom stereocenters. The lowest BCUT2D eigenvalue weighted by Gasteiger charge is -2.05. The molecule has 1 aromatic heterocycles. The van der Waals surface area contributed by atoms with E-state index in [1.807, 2.05) is 6.07 Å². The van der Waals surface area contributed by atoms with Gasteiger partial charge in [0.2, 0.25) is 0 Å². The number of alkyl halides is 1. The van der Waals surface area contributed by atoms with Gasteiger partial charge < -0.3 is 4.74 Å². The van der Waals surface area contributed by atoms with Crippen LogP contribution in [0.25, 0.3) is 0 Å². The van der Waals surface area contributed by atoms with Crippen LogP contribution in [0.1, 0.15) is 38.2 Å². The molecule has 0 aromatic carbocycles. The molecule has 92 valence electrons. The summed E-state index contributed by atoms with van der Waals surface area (Å²) in [4.78, 5) is 4.08. The number of unbranched alkanes of at least 4 members (excludes halogenated alkanes) is 3. The molecule has 0 spiro atoms. The Bertz CT molecular complexity index is 381. The Morgan fingerprint density at radius 1 is 1.29 bits per heavy atom. The van der Waals surface area contributed by atoms with Crippen LogP contribution >= 0.6 is 11.6 Å². The summed E-state index contributed by atoms with van der Waals surface area (Å²) in [5.41, 5.74) is 0.844. The monoisotopic (exact) mass is 251 g/mol. The number of halogens is 1. The van der Waals surface area contributed by atoms with Crippen LogP contribution in [-0.4, -0.2) is 17.5 Å². The Hall–Kier alpha value is -1.20. The molecule has 1 aromatic rings. The molecule has 0 aliphatic carbocycles. The van der Waals surface area contributed by atoms with Gasteiger partial charge in [0.15, 0.2) is 0 Å². The van der Waals surface area contributed by atoms with Gasteiger partial charge in [-0.05, 0) is 12.5 Å². The number of rotatable bonds is 6. The van der Waals surface area contributed by atoms with Crippen molar-refractivity contribution in [1.29, 1.82) is 0 Å². The van der Waals surface area contributed by atoms with E-state index in [-0.39, 0.29) is 0 Å². The Kier molecular flexibility index (Phi) is 7.25. The minimum Gasteiger partial charge on any atom is -0.492 e. The van der Waals surface area contributed by atoms with Gasteiger partial charge in [0.1, 0.15) is 5.75 Å². The first-order valence-corrected chi connectivity index (χ1v) is 6.53. The van der Waals surface area contributed by atoms with Crippen LogP contribution in [0.15, 0.2) is 18.5 Å². The summed E-state index contributed by atoms with van der Waals surface area (Å²) in [7, 11) is 0. The Morgan fingerprint density at radius 2 is 2.18 bits per heavy atom. The van der Waals surface area contributed by atoms with E-state index in [4.69, 9.17) is 16.3 Å². The van der Waals surface area contributed by atoms with Gasteiger partial charge in [0.25, 0.3) is 0 Å². The van der Waals surface area contributed by atoms with Crippen LogP contribution in [0.3, 0.4) is 0 Å². The van der Waals surface area contributed by atoms with E-state index in [0.717, 1.165) is 24.3 Å². The first kappa shape index (κ1) is 13.9. The maximum absolute atomic E-state index is 5.61. The van der Waals surface area contributed by atoms with Gasteiger partial charge in [-0.2, -0.15) is 0 Å². The molecule has 0 saturated carbocycles. The minimum absolute atomic E-state index is 0.335. The van der Waals surface area contributed by atoms with Gasteiger partial charge in [-0.1, -0.05) is 38.0 Å². The van der Waals surface area contributed by atoms with E-state index in [1.165, 1.54) is 19.3 Å². The molecule has 0 N–H and O–H groups in total. The average Bonchev–Trinajstić information content (AvgIpc) is 2.37. The molecule has 0 unspecified atom stereocenters. The third-order valence-electron chi connectivity index (χ3n) is 2.28. The first-order chi connectivity index (χ1) is 8.36. The number of pyridine rings is 1. The highest BCUT2D eigenvalue weighted by molar-refractivity contribution is 6.19. The quantitative estimate of drug-likeness (QED) is 0.438. The van der Waals surface area contributed by atoms with E-state index < -0.39 is 0 Å². The summed E-state index contributed by atoms with van der Waals surface area (Å²) in [5, 5.41) is 0. The van der Waals surface area contributed by atoms with E-state index in [2.05, 4.69) is 23.7 Å². The Labute approximate surface area is 108 Å². The lowest BCUT2D eigenvalue weighted by atomic mass is 10.2. The third-order valence-corrected chi connectivity index (χ3v) is 2.41. The third kappa shape index (κ3) is 6.19. The lowest BCUT2D eigenvalue weighted by molar-refractivity contribution is 0.304. The second-order valence-electron chi connectivity index (χ2n) is 3.75. The average molecular weight is 252 g/mol. The lowest BCUT2D eigenvalue weighted by Crippen LogP contribution is -1.98. The van der Waals surface area contributed by atoms with Crippen molar-refractivity contribution < 1.29 is 4.74 Å². The zero-order valence-electron chi connectivity index (χ0n) is 10.2. The van der Waals surface area contributed by atoms with Crippen molar-refractivity contribution >= 4 is 11.6 Å². The molecule has 0 radical (unpaired) electrons. The van der Waals surface area contributed by atoms with Crippen molar-refractivity contribution in [2.75, 3.05) is 12.5 Å². The minimum atomic E-state index is 0.335. The van der Waals surface area contributed by atoms with Gasteiger partial charge in [0, 0.05) is 11.8 Å². The predicted molar refractivity (Wildman–Crippen MR) is 71.5 cm³/mol. The molecule has 0 bridgehead atoms. The summed E-state index contributed by atoms with van der Waals surface area (Å²) in [6.07, 6.45) is 8.24. The second kappa shape index (κ2) is 8.90. The Balaban J connectivity index is 2.38. The molecular formula is C14H18ClNO. The highest BCUT2D eigenvalue weighted by Gasteiger charge is 1.96. The molecule has 1 heterocycles. The Morgan fingerprint density at radius 3 is 2.94 bits per heavy atom. The number of nitrogens with zero attached hydrogens (tertiary/aromatic N) is 1. The van der Waals surface area contributed by atoms with Crippen LogP contribution in [0.2, 0.25) is 0 Å². The topological polar surface area (TPSA) is 22.1 Å². The molecule has 0 aliphatic rings. The molecule has 0 fully saturated rings. The summed E-state index contributed by atoms with van der Waals surface area (Å²) in [6, 6.07) is 1.90. The molecule has 0 aliphatic heterocycles. The van der Waals surface area contributed by atoms with Crippen molar-refractivity contribution in [1.82, 2.24) is 4.98 Å². The maximum atomic E-state index is 5.61. The molecule has 2 nitrogen and oxygen atoms in total. The van der Waals surface area contributed by atoms with E-state index in [1.54, 1.807) is 12.4 Å². The molecule has 17 heavy (non-hydrogen) atoms. The van der Waals surface area contributed by atoms with Gasteiger partial charge in [-0.3, -0.25) is 4.98 Å². The highest BCUT2D eigenvalue weighted by atomic mass is 35.5. The van der Waals surface area contributed by atoms with Gasteiger partial charge in [0.05, 0.1) is 18.7 Å². The molecule has 1 rings (SSSR count). The fourth-order valence-corrected chi connectivity index (χ4v) is 1.49. The molecule has 3 heteroatoms. The SMILES string of the molecule is CCCCCCOc1cncc(C#CCCl)c1. The van der Waals surface area contributed by atoms with Crippen LogP contribution in [0.5, 0.6) is 5.75 Å². The fraction of sp³-hybridized carbons (Fsp3) is 0.500. The maximum Gasteiger partial charge on any atom is 0.138 e. The van der Waals surface area contributed by atoms with Crippen LogP contribution in [0.4, 0.5) is 0 Å². The number of hydrogen-bond donors (Lipinski definition) is 0. The number of hydrogen-bond acceptors (Lipinski definition) is 2. The summed E-state index contributed by atoms with van der Waals surface area (Å²) < 4.78 is 5.61. The van der Waals surface area contributed by atoms with Crippen LogP contribution < -0.4 is 4.74 Å². The normalized spacial score (nSPS) is 9.53. The van der Waals surface area contributed by atoms with Crippen LogP contribution in [-0.2, 0) is 0 Å². The standard InChI is InChI=1S/C14H18ClNO/c1-2-3-4-5-9-17-14-10-13(7-6-8-15)11-16-12-14/h10-12H,2-5,8-9H2,1H3. The summed E-state index contributed by atoms with van der Waals surface area (Å²) in [6.45, 7) is 2.94. The molecule has 0 amide bonds. The van der Waals surface area contributed by atoms with Gasteiger partial charge in [-0.15, -0.1) is 11.6 Å². The van der Waals surface area contributed by atoms with E-state index in [0.29, 0.717) is 5.88 Å². The smallest absolute Gasteiger partial charge is 0.138 e. The van der Waals surface area contributed by atoms with E-state index in [9.17, 15) is 0 Å². The van der Waals surface area contributed by atoms with Crippen molar-refractivity contribution in [3.63, 3.8) is 0 Å².